The van der Waals surface area contributed by atoms with E-state index in [0.717, 1.165) is 19.6 Å². The summed E-state index contributed by atoms with van der Waals surface area (Å²) in [6.45, 7) is 15.0. The number of hydrogen-bond acceptors (Lipinski definition) is 3. The zero-order chi connectivity index (χ0) is 12.6. The van der Waals surface area contributed by atoms with Gasteiger partial charge in [0.1, 0.15) is 0 Å². The molecule has 0 bridgehead atoms. The Hall–Kier alpha value is -0.120. The van der Waals surface area contributed by atoms with Crippen LogP contribution in [0.5, 0.6) is 0 Å². The predicted molar refractivity (Wildman–Crippen MR) is 74.9 cm³/mol. The molecule has 0 radical (unpaired) electrons. The molecule has 0 atom stereocenters. The largest absolute Gasteiger partial charge is 0.329 e. The summed E-state index contributed by atoms with van der Waals surface area (Å²) in [6, 6.07) is 0. The molecule has 3 N–H and O–H groups in total. The van der Waals surface area contributed by atoms with Crippen molar-refractivity contribution in [2.45, 2.75) is 47.0 Å². The fourth-order valence-electron chi connectivity index (χ4n) is 1.55. The summed E-state index contributed by atoms with van der Waals surface area (Å²) in [5.41, 5.74) is 5.15. The van der Waals surface area contributed by atoms with Gasteiger partial charge >= 0.3 is 0 Å². The lowest BCUT2D eigenvalue weighted by Crippen LogP contribution is -2.29. The second-order valence-corrected chi connectivity index (χ2v) is 3.64. The molecular weight excluding hydrogens is 198 g/mol. The van der Waals surface area contributed by atoms with Crippen LogP contribution in [-0.2, 0) is 0 Å². The Morgan fingerprint density at radius 1 is 1.06 bits per heavy atom. The van der Waals surface area contributed by atoms with Crippen LogP contribution >= 0.6 is 0 Å². The average Bonchev–Trinajstić information content (AvgIpc) is 2.40. The van der Waals surface area contributed by atoms with Crippen LogP contribution < -0.4 is 11.1 Å². The first kappa shape index (κ1) is 18.3. The first-order valence-corrected chi connectivity index (χ1v) is 6.98. The minimum atomic E-state index is 0.744. The molecule has 100 valence electrons. The van der Waals surface area contributed by atoms with Crippen molar-refractivity contribution in [1.82, 2.24) is 10.2 Å². The van der Waals surface area contributed by atoms with E-state index in [1.807, 2.05) is 13.8 Å². The third-order valence-corrected chi connectivity index (χ3v) is 2.47. The number of rotatable bonds is 4. The number of likely N-dealkylation sites (tertiary alicyclic amines) is 1. The van der Waals surface area contributed by atoms with E-state index in [4.69, 9.17) is 5.73 Å². The van der Waals surface area contributed by atoms with Crippen LogP contribution in [-0.4, -0.2) is 44.2 Å². The molecule has 0 saturated carbocycles. The molecule has 0 amide bonds. The van der Waals surface area contributed by atoms with Gasteiger partial charge in [0, 0.05) is 13.1 Å². The molecule has 1 aliphatic heterocycles. The van der Waals surface area contributed by atoms with Gasteiger partial charge in [-0.2, -0.15) is 0 Å². The van der Waals surface area contributed by atoms with Gasteiger partial charge in [0.2, 0.25) is 0 Å². The molecular formula is C13H33N3. The predicted octanol–water partition coefficient (Wildman–Crippen LogP) is 2.07. The summed E-state index contributed by atoms with van der Waals surface area (Å²) in [5.74, 6) is 0. The Balaban J connectivity index is 0. The summed E-state index contributed by atoms with van der Waals surface area (Å²) in [4.78, 5) is 2.52. The maximum atomic E-state index is 5.15. The Kier molecular flexibility index (Phi) is 19.7. The third-order valence-electron chi connectivity index (χ3n) is 2.47. The van der Waals surface area contributed by atoms with Gasteiger partial charge in [0.25, 0.3) is 0 Å². The first-order chi connectivity index (χ1) is 7.85. The van der Waals surface area contributed by atoms with Gasteiger partial charge in [-0.25, -0.2) is 0 Å². The van der Waals surface area contributed by atoms with Gasteiger partial charge in [-0.05, 0) is 39.0 Å². The highest BCUT2D eigenvalue weighted by molar-refractivity contribution is 4.61. The van der Waals surface area contributed by atoms with Crippen LogP contribution in [0, 0.1) is 0 Å². The van der Waals surface area contributed by atoms with E-state index < -0.39 is 0 Å². The van der Waals surface area contributed by atoms with Crippen molar-refractivity contribution in [2.24, 2.45) is 5.73 Å². The molecule has 0 spiro atoms. The van der Waals surface area contributed by atoms with Crippen molar-refractivity contribution in [1.29, 1.82) is 0 Å². The van der Waals surface area contributed by atoms with Crippen LogP contribution in [0.15, 0.2) is 0 Å². The topological polar surface area (TPSA) is 41.3 Å². The number of piperidine rings is 1. The summed E-state index contributed by atoms with van der Waals surface area (Å²) >= 11 is 0. The summed E-state index contributed by atoms with van der Waals surface area (Å²) in [5, 5.41) is 3.07. The molecule has 0 aromatic heterocycles. The van der Waals surface area contributed by atoms with E-state index in [1.54, 1.807) is 0 Å². The lowest BCUT2D eigenvalue weighted by Gasteiger charge is -2.24. The number of nitrogens with two attached hydrogens (primary N) is 1. The first-order valence-electron chi connectivity index (χ1n) is 6.98. The number of likely N-dealkylation sites (N-methyl/N-ethyl adjacent to an activating group) is 1. The fourth-order valence-corrected chi connectivity index (χ4v) is 1.55. The molecule has 0 aliphatic carbocycles. The molecule has 1 saturated heterocycles. The quantitative estimate of drug-likeness (QED) is 0.728. The van der Waals surface area contributed by atoms with E-state index in [2.05, 4.69) is 24.1 Å². The lowest BCUT2D eigenvalue weighted by atomic mass is 10.1. The van der Waals surface area contributed by atoms with Gasteiger partial charge in [0.15, 0.2) is 0 Å². The Morgan fingerprint density at radius 3 is 1.88 bits per heavy atom. The van der Waals surface area contributed by atoms with E-state index in [-0.39, 0.29) is 0 Å². The molecule has 0 unspecified atom stereocenters. The second-order valence-electron chi connectivity index (χ2n) is 3.64. The van der Waals surface area contributed by atoms with Crippen molar-refractivity contribution in [2.75, 3.05) is 39.3 Å². The molecule has 1 aliphatic rings. The highest BCUT2D eigenvalue weighted by Gasteiger charge is 2.05. The van der Waals surface area contributed by atoms with Gasteiger partial charge in [0.05, 0.1) is 0 Å². The number of nitrogens with zero attached hydrogens (tertiary/aromatic N) is 1. The summed E-state index contributed by atoms with van der Waals surface area (Å²) in [6.07, 6.45) is 4.30. The van der Waals surface area contributed by atoms with E-state index in [9.17, 15) is 0 Å². The average molecular weight is 231 g/mol. The summed E-state index contributed by atoms with van der Waals surface area (Å²) in [7, 11) is 0. The van der Waals surface area contributed by atoms with Crippen molar-refractivity contribution in [3.8, 4) is 0 Å². The Labute approximate surface area is 103 Å². The summed E-state index contributed by atoms with van der Waals surface area (Å²) < 4.78 is 0. The molecule has 0 aromatic rings. The van der Waals surface area contributed by atoms with Gasteiger partial charge < -0.3 is 16.0 Å². The highest BCUT2D eigenvalue weighted by Crippen LogP contribution is 2.06. The molecule has 1 heterocycles. The van der Waals surface area contributed by atoms with E-state index >= 15 is 0 Å². The van der Waals surface area contributed by atoms with Crippen LogP contribution in [0.4, 0.5) is 0 Å². The Morgan fingerprint density at radius 2 is 1.62 bits per heavy atom. The molecule has 16 heavy (non-hydrogen) atoms. The van der Waals surface area contributed by atoms with Crippen LogP contribution in [0.1, 0.15) is 47.0 Å². The van der Waals surface area contributed by atoms with Gasteiger partial charge in [-0.3, -0.25) is 0 Å². The van der Waals surface area contributed by atoms with Crippen molar-refractivity contribution < 1.29 is 0 Å². The maximum absolute atomic E-state index is 5.15. The van der Waals surface area contributed by atoms with Crippen molar-refractivity contribution in [3.05, 3.63) is 0 Å². The van der Waals surface area contributed by atoms with Crippen LogP contribution in [0.3, 0.4) is 0 Å². The second kappa shape index (κ2) is 17.3. The van der Waals surface area contributed by atoms with Crippen LogP contribution in [0.2, 0.25) is 0 Å². The van der Waals surface area contributed by atoms with Crippen molar-refractivity contribution >= 4 is 0 Å². The zero-order valence-corrected chi connectivity index (χ0v) is 11.9. The standard InChI is InChI=1S/C7H15N.C4H12N2.C2H6/c1-2-8-6-4-3-5-7-8;1-2-6-4-3-5;1-2/h2-7H2,1H3;6H,2-5H2,1H3;1-2H3. The van der Waals surface area contributed by atoms with Crippen molar-refractivity contribution in [3.63, 3.8) is 0 Å². The maximum Gasteiger partial charge on any atom is 0.00743 e. The number of hydrogen-bond donors (Lipinski definition) is 2. The Bertz CT molecular complexity index is 97.4. The monoisotopic (exact) mass is 231 g/mol. The molecule has 1 fully saturated rings. The highest BCUT2D eigenvalue weighted by atomic mass is 15.1. The lowest BCUT2D eigenvalue weighted by molar-refractivity contribution is 0.240. The fraction of sp³-hybridized carbons (Fsp3) is 1.00. The minimum Gasteiger partial charge on any atom is -0.329 e. The molecule has 0 aromatic carbocycles. The van der Waals surface area contributed by atoms with E-state index in [1.165, 1.54) is 38.9 Å². The minimum absolute atomic E-state index is 0.744. The van der Waals surface area contributed by atoms with Gasteiger partial charge in [-0.15, -0.1) is 0 Å². The third kappa shape index (κ3) is 13.9. The van der Waals surface area contributed by atoms with E-state index in [0.29, 0.717) is 0 Å². The zero-order valence-electron chi connectivity index (χ0n) is 11.9. The van der Waals surface area contributed by atoms with Crippen LogP contribution in [0.25, 0.3) is 0 Å². The molecule has 3 heteroatoms. The number of nitrogens with one attached hydrogen (secondary N) is 1. The van der Waals surface area contributed by atoms with Gasteiger partial charge in [-0.1, -0.05) is 34.1 Å². The smallest absolute Gasteiger partial charge is 0.00743 e. The molecule has 3 nitrogen and oxygen atoms in total. The molecule has 1 rings (SSSR count). The normalized spacial score (nSPS) is 15.6. The SMILES string of the molecule is CC.CCN1CCCCC1.CCNCCN.